The lowest BCUT2D eigenvalue weighted by Gasteiger charge is -2.20. The number of carbonyl (C=O) groups is 1. The van der Waals surface area contributed by atoms with Gasteiger partial charge >= 0.3 is 0 Å². The minimum atomic E-state index is -0.387. The van der Waals surface area contributed by atoms with Gasteiger partial charge < -0.3 is 15.4 Å². The highest BCUT2D eigenvalue weighted by Gasteiger charge is 2.38. The van der Waals surface area contributed by atoms with E-state index in [9.17, 15) is 4.79 Å². The monoisotopic (exact) mass is 287 g/mol. The fraction of sp³-hybridized carbons (Fsp3) is 0.500. The summed E-state index contributed by atoms with van der Waals surface area (Å²) in [6.45, 7) is 5.05. The molecule has 0 radical (unpaired) electrons. The first-order valence-corrected chi connectivity index (χ1v) is 7.19. The van der Waals surface area contributed by atoms with Crippen LogP contribution >= 0.6 is 0 Å². The molecule has 0 aliphatic carbocycles. The Bertz CT molecular complexity index is 553. The molecule has 112 valence electrons. The Morgan fingerprint density at radius 3 is 3.05 bits per heavy atom. The minimum Gasteiger partial charge on any atom is -0.494 e. The Hall–Kier alpha value is -2.06. The van der Waals surface area contributed by atoms with Crippen LogP contribution in [0.4, 0.5) is 0 Å². The average molecular weight is 287 g/mol. The van der Waals surface area contributed by atoms with Crippen LogP contribution in [0.1, 0.15) is 25.3 Å². The van der Waals surface area contributed by atoms with Gasteiger partial charge in [-0.2, -0.15) is 5.26 Å². The normalized spacial score (nSPS) is 21.9. The molecule has 0 saturated carbocycles. The molecule has 2 N–H and O–H groups in total. The summed E-state index contributed by atoms with van der Waals surface area (Å²) in [5, 5.41) is 8.82. The molecular formula is C16H21N3O2. The highest BCUT2D eigenvalue weighted by atomic mass is 16.5. The zero-order valence-corrected chi connectivity index (χ0v) is 12.3. The van der Waals surface area contributed by atoms with Gasteiger partial charge in [-0.1, -0.05) is 6.07 Å². The van der Waals surface area contributed by atoms with Crippen LogP contribution in [0.2, 0.25) is 0 Å². The first kappa shape index (κ1) is 15.3. The number of amides is 1. The molecule has 1 saturated heterocycles. The summed E-state index contributed by atoms with van der Waals surface area (Å²) < 4.78 is 5.64. The third kappa shape index (κ3) is 3.96. The second-order valence-corrected chi connectivity index (χ2v) is 5.79. The Labute approximate surface area is 125 Å². The molecule has 5 nitrogen and oxygen atoms in total. The molecule has 5 heteroatoms. The Morgan fingerprint density at radius 2 is 2.38 bits per heavy atom. The van der Waals surface area contributed by atoms with Crippen molar-refractivity contribution in [3.05, 3.63) is 29.8 Å². The van der Waals surface area contributed by atoms with Crippen molar-refractivity contribution < 1.29 is 9.53 Å². The second kappa shape index (κ2) is 6.59. The van der Waals surface area contributed by atoms with Crippen LogP contribution in [-0.2, 0) is 4.79 Å². The predicted molar refractivity (Wildman–Crippen MR) is 79.6 cm³/mol. The van der Waals surface area contributed by atoms with E-state index in [0.29, 0.717) is 12.2 Å². The van der Waals surface area contributed by atoms with E-state index < -0.39 is 0 Å². The minimum absolute atomic E-state index is 0.213. The van der Waals surface area contributed by atoms with Crippen molar-refractivity contribution in [3.63, 3.8) is 0 Å². The maximum absolute atomic E-state index is 11.4. The second-order valence-electron chi connectivity index (χ2n) is 5.79. The fourth-order valence-corrected chi connectivity index (χ4v) is 2.58. The molecule has 1 unspecified atom stereocenters. The number of ether oxygens (including phenoxy) is 1. The summed E-state index contributed by atoms with van der Waals surface area (Å²) in [5.41, 5.74) is 5.65. The molecule has 1 heterocycles. The van der Waals surface area contributed by atoms with Crippen molar-refractivity contribution in [2.24, 2.45) is 11.1 Å². The molecule has 1 atom stereocenters. The molecule has 1 aromatic carbocycles. The van der Waals surface area contributed by atoms with E-state index >= 15 is 0 Å². The Kier molecular flexibility index (Phi) is 4.81. The number of primary amides is 1. The van der Waals surface area contributed by atoms with Gasteiger partial charge in [-0.3, -0.25) is 4.79 Å². The van der Waals surface area contributed by atoms with Crippen molar-refractivity contribution in [2.45, 2.75) is 19.8 Å². The summed E-state index contributed by atoms with van der Waals surface area (Å²) in [7, 11) is 0. The maximum Gasteiger partial charge on any atom is 0.224 e. The first-order valence-electron chi connectivity index (χ1n) is 7.19. The number of nitriles is 1. The van der Waals surface area contributed by atoms with Crippen molar-refractivity contribution in [2.75, 3.05) is 26.2 Å². The third-order valence-corrected chi connectivity index (χ3v) is 4.00. The first-order chi connectivity index (χ1) is 10.0. The lowest BCUT2D eigenvalue weighted by molar-refractivity contribution is -0.126. The van der Waals surface area contributed by atoms with Crippen LogP contribution in [0.5, 0.6) is 5.75 Å². The quantitative estimate of drug-likeness (QED) is 0.805. The van der Waals surface area contributed by atoms with Gasteiger partial charge in [-0.15, -0.1) is 0 Å². The number of rotatable bonds is 6. The van der Waals surface area contributed by atoms with Crippen LogP contribution in [0.25, 0.3) is 0 Å². The number of nitrogens with zero attached hydrogens (tertiary/aromatic N) is 2. The zero-order chi connectivity index (χ0) is 15.3. The van der Waals surface area contributed by atoms with E-state index in [1.165, 1.54) is 0 Å². The molecular weight excluding hydrogens is 266 g/mol. The van der Waals surface area contributed by atoms with Gasteiger partial charge in [0.1, 0.15) is 5.75 Å². The van der Waals surface area contributed by atoms with Gasteiger partial charge in [-0.25, -0.2) is 0 Å². The van der Waals surface area contributed by atoms with Crippen LogP contribution in [0, 0.1) is 16.7 Å². The molecule has 1 amide bonds. The molecule has 21 heavy (non-hydrogen) atoms. The average Bonchev–Trinajstić information content (AvgIpc) is 2.87. The van der Waals surface area contributed by atoms with Crippen molar-refractivity contribution >= 4 is 5.91 Å². The van der Waals surface area contributed by atoms with E-state index in [-0.39, 0.29) is 11.3 Å². The van der Waals surface area contributed by atoms with Crippen LogP contribution in [0.15, 0.2) is 24.3 Å². The summed E-state index contributed by atoms with van der Waals surface area (Å²) in [4.78, 5) is 13.6. The molecule has 0 bridgehead atoms. The van der Waals surface area contributed by atoms with Gasteiger partial charge in [0, 0.05) is 13.1 Å². The predicted octanol–water partition coefficient (Wildman–Crippen LogP) is 1.52. The molecule has 1 fully saturated rings. The molecule has 0 spiro atoms. The van der Waals surface area contributed by atoms with Gasteiger partial charge in [0.15, 0.2) is 0 Å². The zero-order valence-electron chi connectivity index (χ0n) is 12.3. The van der Waals surface area contributed by atoms with Crippen molar-refractivity contribution in [1.82, 2.24) is 4.90 Å². The number of likely N-dealkylation sites (tertiary alicyclic amines) is 1. The SMILES string of the molecule is CC1(C(N)=O)CCN(CCCOc2cccc(C#N)c2)C1. The summed E-state index contributed by atoms with van der Waals surface area (Å²) in [6.07, 6.45) is 1.71. The van der Waals surface area contributed by atoms with Crippen molar-refractivity contribution in [1.29, 1.82) is 5.26 Å². The van der Waals surface area contributed by atoms with E-state index in [1.54, 1.807) is 12.1 Å². The Balaban J connectivity index is 1.71. The van der Waals surface area contributed by atoms with Crippen LogP contribution in [-0.4, -0.2) is 37.0 Å². The molecule has 0 aromatic heterocycles. The highest BCUT2D eigenvalue weighted by molar-refractivity contribution is 5.81. The number of hydrogen-bond acceptors (Lipinski definition) is 4. The summed E-state index contributed by atoms with van der Waals surface area (Å²) in [5.74, 6) is 0.506. The number of carbonyl (C=O) groups excluding carboxylic acids is 1. The van der Waals surface area contributed by atoms with E-state index in [0.717, 1.165) is 38.2 Å². The van der Waals surface area contributed by atoms with Gasteiger partial charge in [-0.05, 0) is 44.5 Å². The largest absolute Gasteiger partial charge is 0.494 e. The van der Waals surface area contributed by atoms with Crippen LogP contribution in [0.3, 0.4) is 0 Å². The maximum atomic E-state index is 11.4. The van der Waals surface area contributed by atoms with Gasteiger partial charge in [0.05, 0.1) is 23.7 Å². The highest BCUT2D eigenvalue weighted by Crippen LogP contribution is 2.29. The molecule has 2 rings (SSSR count). The van der Waals surface area contributed by atoms with Gasteiger partial charge in [0.25, 0.3) is 0 Å². The third-order valence-electron chi connectivity index (χ3n) is 4.00. The molecule has 1 aliphatic heterocycles. The Morgan fingerprint density at radius 1 is 1.57 bits per heavy atom. The smallest absolute Gasteiger partial charge is 0.224 e. The van der Waals surface area contributed by atoms with Gasteiger partial charge in [0.2, 0.25) is 5.91 Å². The lowest BCUT2D eigenvalue weighted by atomic mass is 9.89. The van der Waals surface area contributed by atoms with Crippen LogP contribution < -0.4 is 10.5 Å². The van der Waals surface area contributed by atoms with E-state index in [4.69, 9.17) is 15.7 Å². The topological polar surface area (TPSA) is 79.3 Å². The fourth-order valence-electron chi connectivity index (χ4n) is 2.58. The lowest BCUT2D eigenvalue weighted by Crippen LogP contribution is -2.37. The van der Waals surface area contributed by atoms with E-state index in [2.05, 4.69) is 11.0 Å². The summed E-state index contributed by atoms with van der Waals surface area (Å²) in [6, 6.07) is 9.24. The van der Waals surface area contributed by atoms with Crippen molar-refractivity contribution in [3.8, 4) is 11.8 Å². The van der Waals surface area contributed by atoms with E-state index in [1.807, 2.05) is 19.1 Å². The standard InChI is InChI=1S/C16H21N3O2/c1-16(15(18)20)6-8-19(12-16)7-3-9-21-14-5-2-4-13(10-14)11-17/h2,4-5,10H,3,6-9,12H2,1H3,(H2,18,20). The number of benzene rings is 1. The molecule has 1 aromatic rings. The number of hydrogen-bond donors (Lipinski definition) is 1. The number of nitrogens with two attached hydrogens (primary N) is 1. The summed E-state index contributed by atoms with van der Waals surface area (Å²) >= 11 is 0. The molecule has 1 aliphatic rings.